The Kier molecular flexibility index (Phi) is 5.05. The molecule has 2 rings (SSSR count). The molecule has 3 nitrogen and oxygen atoms in total. The van der Waals surface area contributed by atoms with Gasteiger partial charge in [0.2, 0.25) is 5.91 Å². The zero-order valence-electron chi connectivity index (χ0n) is 10.7. The molecule has 1 N–H and O–H groups in total. The van der Waals surface area contributed by atoms with E-state index in [1.165, 1.54) is 38.5 Å². The lowest BCUT2D eigenvalue weighted by atomic mass is 9.94. The molecule has 1 unspecified atom stereocenters. The highest BCUT2D eigenvalue weighted by atomic mass is 16.2. The first-order chi connectivity index (χ1) is 8.36. The number of amides is 1. The van der Waals surface area contributed by atoms with Crippen molar-refractivity contribution >= 4 is 5.91 Å². The highest BCUT2D eigenvalue weighted by molar-refractivity contribution is 5.78. The van der Waals surface area contributed by atoms with Gasteiger partial charge in [-0.05, 0) is 51.0 Å². The molecular weight excluding hydrogens is 212 g/mol. The van der Waals surface area contributed by atoms with E-state index in [0.717, 1.165) is 25.6 Å². The topological polar surface area (TPSA) is 32.3 Å². The van der Waals surface area contributed by atoms with Gasteiger partial charge in [-0.25, -0.2) is 0 Å². The summed E-state index contributed by atoms with van der Waals surface area (Å²) < 4.78 is 0. The van der Waals surface area contributed by atoms with Crippen LogP contribution in [0.15, 0.2) is 12.2 Å². The number of carbonyl (C=O) groups is 1. The van der Waals surface area contributed by atoms with Gasteiger partial charge in [0, 0.05) is 13.1 Å². The van der Waals surface area contributed by atoms with Gasteiger partial charge in [0.05, 0.1) is 6.54 Å². The number of piperidine rings is 1. The minimum absolute atomic E-state index is 0.288. The molecule has 0 spiro atoms. The van der Waals surface area contributed by atoms with Gasteiger partial charge in [-0.2, -0.15) is 0 Å². The van der Waals surface area contributed by atoms with Crippen molar-refractivity contribution in [2.75, 3.05) is 26.2 Å². The van der Waals surface area contributed by atoms with Crippen LogP contribution in [0, 0.1) is 5.92 Å². The van der Waals surface area contributed by atoms with E-state index < -0.39 is 0 Å². The van der Waals surface area contributed by atoms with Gasteiger partial charge >= 0.3 is 0 Å². The molecule has 0 saturated carbocycles. The summed E-state index contributed by atoms with van der Waals surface area (Å²) in [6.45, 7) is 3.45. The van der Waals surface area contributed by atoms with Gasteiger partial charge in [-0.3, -0.25) is 4.79 Å². The highest BCUT2D eigenvalue weighted by Crippen LogP contribution is 2.16. The molecule has 0 aromatic heterocycles. The average Bonchev–Trinajstić information content (AvgIpc) is 2.41. The predicted molar refractivity (Wildman–Crippen MR) is 69.8 cm³/mol. The summed E-state index contributed by atoms with van der Waals surface area (Å²) in [6, 6.07) is 0. The van der Waals surface area contributed by atoms with E-state index in [0.29, 0.717) is 6.54 Å². The molecule has 0 radical (unpaired) electrons. The van der Waals surface area contributed by atoms with Crippen molar-refractivity contribution in [2.24, 2.45) is 5.92 Å². The number of rotatable bonds is 4. The van der Waals surface area contributed by atoms with Gasteiger partial charge in [0.15, 0.2) is 0 Å². The summed E-state index contributed by atoms with van der Waals surface area (Å²) >= 11 is 0. The van der Waals surface area contributed by atoms with Crippen LogP contribution in [-0.2, 0) is 4.79 Å². The molecule has 1 atom stereocenters. The van der Waals surface area contributed by atoms with Gasteiger partial charge in [-0.1, -0.05) is 12.2 Å². The fourth-order valence-electron chi connectivity index (χ4n) is 2.68. The molecule has 0 bridgehead atoms. The molecule has 0 aromatic rings. The number of hydrogen-bond acceptors (Lipinski definition) is 2. The Morgan fingerprint density at radius 1 is 1.24 bits per heavy atom. The lowest BCUT2D eigenvalue weighted by molar-refractivity contribution is -0.131. The average molecular weight is 236 g/mol. The van der Waals surface area contributed by atoms with E-state index >= 15 is 0 Å². The number of likely N-dealkylation sites (tertiary alicyclic amines) is 1. The number of nitrogens with zero attached hydrogens (tertiary/aromatic N) is 1. The number of nitrogens with one attached hydrogen (secondary N) is 1. The summed E-state index contributed by atoms with van der Waals surface area (Å²) in [5, 5.41) is 3.33. The molecule has 1 fully saturated rings. The van der Waals surface area contributed by atoms with Crippen LogP contribution in [0.3, 0.4) is 0 Å². The van der Waals surface area contributed by atoms with Crippen molar-refractivity contribution in [1.82, 2.24) is 10.2 Å². The Balaban J connectivity index is 1.60. The van der Waals surface area contributed by atoms with Gasteiger partial charge in [0.1, 0.15) is 0 Å². The van der Waals surface area contributed by atoms with E-state index in [1.54, 1.807) is 0 Å². The Hall–Kier alpha value is -0.830. The van der Waals surface area contributed by atoms with Gasteiger partial charge < -0.3 is 10.2 Å². The van der Waals surface area contributed by atoms with Crippen molar-refractivity contribution in [2.45, 2.75) is 38.5 Å². The van der Waals surface area contributed by atoms with Crippen molar-refractivity contribution in [1.29, 1.82) is 0 Å². The molecule has 1 amide bonds. The lowest BCUT2D eigenvalue weighted by Crippen LogP contribution is -2.42. The van der Waals surface area contributed by atoms with Crippen molar-refractivity contribution in [3.63, 3.8) is 0 Å². The maximum Gasteiger partial charge on any atom is 0.236 e. The largest absolute Gasteiger partial charge is 0.342 e. The zero-order valence-corrected chi connectivity index (χ0v) is 10.7. The molecule has 1 heterocycles. The van der Waals surface area contributed by atoms with Crippen LogP contribution in [0.5, 0.6) is 0 Å². The van der Waals surface area contributed by atoms with E-state index in [2.05, 4.69) is 17.5 Å². The first-order valence-electron chi connectivity index (χ1n) is 7.00. The van der Waals surface area contributed by atoms with Gasteiger partial charge in [-0.15, -0.1) is 0 Å². The lowest BCUT2D eigenvalue weighted by Gasteiger charge is -2.27. The monoisotopic (exact) mass is 236 g/mol. The normalized spacial score (nSPS) is 24.9. The molecule has 0 aromatic carbocycles. The van der Waals surface area contributed by atoms with Crippen LogP contribution in [0.25, 0.3) is 0 Å². The quantitative estimate of drug-likeness (QED) is 0.757. The first kappa shape index (κ1) is 12.6. The van der Waals surface area contributed by atoms with E-state index in [1.807, 2.05) is 4.90 Å². The molecule has 1 saturated heterocycles. The number of hydrogen-bond donors (Lipinski definition) is 1. The standard InChI is InChI=1S/C14H24N2O/c17-14(16-9-5-2-6-10-16)12-15-11-13-7-3-1-4-8-13/h1,3,13,15H,2,4-12H2. The Bertz CT molecular complexity index is 269. The van der Waals surface area contributed by atoms with E-state index in [9.17, 15) is 4.79 Å². The zero-order chi connectivity index (χ0) is 11.9. The fourth-order valence-corrected chi connectivity index (χ4v) is 2.68. The third-order valence-electron chi connectivity index (χ3n) is 3.80. The second-order valence-electron chi connectivity index (χ2n) is 5.22. The SMILES string of the molecule is O=C(CNCC1CC=CCC1)N1CCCCC1. The molecule has 3 heteroatoms. The van der Waals surface area contributed by atoms with Crippen molar-refractivity contribution < 1.29 is 4.79 Å². The third-order valence-corrected chi connectivity index (χ3v) is 3.80. The second kappa shape index (κ2) is 6.80. The minimum Gasteiger partial charge on any atom is -0.342 e. The molecule has 1 aliphatic heterocycles. The number of allylic oxidation sites excluding steroid dienone is 2. The van der Waals surface area contributed by atoms with Gasteiger partial charge in [0.25, 0.3) is 0 Å². The smallest absolute Gasteiger partial charge is 0.236 e. The molecule has 2 aliphatic rings. The second-order valence-corrected chi connectivity index (χ2v) is 5.22. The summed E-state index contributed by atoms with van der Waals surface area (Å²) in [5.41, 5.74) is 0. The Morgan fingerprint density at radius 2 is 2.06 bits per heavy atom. The van der Waals surface area contributed by atoms with Crippen LogP contribution in [0.4, 0.5) is 0 Å². The van der Waals surface area contributed by atoms with Crippen molar-refractivity contribution in [3.05, 3.63) is 12.2 Å². The highest BCUT2D eigenvalue weighted by Gasteiger charge is 2.16. The van der Waals surface area contributed by atoms with Crippen LogP contribution in [0.2, 0.25) is 0 Å². The van der Waals surface area contributed by atoms with E-state index in [-0.39, 0.29) is 5.91 Å². The maximum atomic E-state index is 11.9. The van der Waals surface area contributed by atoms with Crippen LogP contribution < -0.4 is 5.32 Å². The van der Waals surface area contributed by atoms with Crippen molar-refractivity contribution in [3.8, 4) is 0 Å². The third kappa shape index (κ3) is 4.15. The first-order valence-corrected chi connectivity index (χ1v) is 7.00. The number of carbonyl (C=O) groups excluding carboxylic acids is 1. The Labute approximate surface area is 104 Å². The summed E-state index contributed by atoms with van der Waals surface area (Å²) in [7, 11) is 0. The predicted octanol–water partition coefficient (Wildman–Crippen LogP) is 1.94. The molecule has 17 heavy (non-hydrogen) atoms. The molecular formula is C14H24N2O. The van der Waals surface area contributed by atoms with Crippen LogP contribution >= 0.6 is 0 Å². The van der Waals surface area contributed by atoms with E-state index in [4.69, 9.17) is 0 Å². The minimum atomic E-state index is 0.288. The molecule has 96 valence electrons. The molecule has 1 aliphatic carbocycles. The van der Waals surface area contributed by atoms with Crippen LogP contribution in [0.1, 0.15) is 38.5 Å². The maximum absolute atomic E-state index is 11.9. The summed E-state index contributed by atoms with van der Waals surface area (Å²) in [5.74, 6) is 1.02. The summed E-state index contributed by atoms with van der Waals surface area (Å²) in [4.78, 5) is 13.9. The Morgan fingerprint density at radius 3 is 2.76 bits per heavy atom. The summed E-state index contributed by atoms with van der Waals surface area (Å²) in [6.07, 6.45) is 11.8. The van der Waals surface area contributed by atoms with Crippen LogP contribution in [-0.4, -0.2) is 37.0 Å². The fraction of sp³-hybridized carbons (Fsp3) is 0.786.